The van der Waals surface area contributed by atoms with Crippen molar-refractivity contribution in [1.29, 1.82) is 0 Å². The van der Waals surface area contributed by atoms with E-state index < -0.39 is 20.9 Å². The molecule has 0 radical (unpaired) electrons. The fourth-order valence-electron chi connectivity index (χ4n) is 2.46. The molecular formula is C17H16ClN7O5S. The number of carbonyl (C=O) groups excluding carboxylic acids is 1. The molecule has 2 heterocycles. The lowest BCUT2D eigenvalue weighted by atomic mass is 10.1. The molecule has 162 valence electrons. The molecule has 1 unspecified atom stereocenters. The Morgan fingerprint density at radius 1 is 1.23 bits per heavy atom. The van der Waals surface area contributed by atoms with Crippen LogP contribution in [0.4, 0.5) is 17.2 Å². The smallest absolute Gasteiger partial charge is 0.306 e. The highest BCUT2D eigenvalue weighted by Crippen LogP contribution is 2.18. The number of nitro groups is 1. The van der Waals surface area contributed by atoms with E-state index in [9.17, 15) is 23.3 Å². The van der Waals surface area contributed by atoms with Crippen molar-refractivity contribution in [1.82, 2.24) is 20.0 Å². The minimum Gasteiger partial charge on any atom is -0.326 e. The first-order valence-electron chi connectivity index (χ1n) is 8.74. The van der Waals surface area contributed by atoms with Crippen LogP contribution < -0.4 is 10.0 Å². The fourth-order valence-corrected chi connectivity index (χ4v) is 3.56. The summed E-state index contributed by atoms with van der Waals surface area (Å²) < 4.78 is 28.4. The van der Waals surface area contributed by atoms with E-state index in [0.717, 1.165) is 6.20 Å². The van der Waals surface area contributed by atoms with Crippen molar-refractivity contribution in [3.8, 4) is 0 Å². The zero-order valence-electron chi connectivity index (χ0n) is 16.0. The summed E-state index contributed by atoms with van der Waals surface area (Å²) in [5.74, 6) is -0.897. The first-order valence-corrected chi connectivity index (χ1v) is 10.6. The summed E-state index contributed by atoms with van der Waals surface area (Å²) in [6.07, 6.45) is 2.34. The van der Waals surface area contributed by atoms with Gasteiger partial charge < -0.3 is 5.32 Å². The molecule has 0 spiro atoms. The zero-order valence-corrected chi connectivity index (χ0v) is 17.5. The molecule has 2 N–H and O–H groups in total. The fraction of sp³-hybridized carbons (Fsp3) is 0.176. The number of hydrogen-bond acceptors (Lipinski definition) is 8. The normalized spacial score (nSPS) is 12.2. The van der Waals surface area contributed by atoms with Gasteiger partial charge in [-0.05, 0) is 36.4 Å². The zero-order chi connectivity index (χ0) is 22.6. The van der Waals surface area contributed by atoms with Gasteiger partial charge in [0, 0.05) is 5.69 Å². The van der Waals surface area contributed by atoms with Crippen LogP contribution in [0.3, 0.4) is 0 Å². The van der Waals surface area contributed by atoms with Crippen LogP contribution in [-0.4, -0.2) is 39.2 Å². The van der Waals surface area contributed by atoms with Gasteiger partial charge in [0.05, 0.1) is 22.3 Å². The van der Waals surface area contributed by atoms with E-state index >= 15 is 0 Å². The Morgan fingerprint density at radius 2 is 1.94 bits per heavy atom. The highest BCUT2D eigenvalue weighted by Gasteiger charge is 2.18. The number of rotatable bonds is 8. The molecule has 1 atom stereocenters. The molecule has 31 heavy (non-hydrogen) atoms. The first kappa shape index (κ1) is 22.1. The summed E-state index contributed by atoms with van der Waals surface area (Å²) in [6, 6.07) is 8.29. The van der Waals surface area contributed by atoms with Crippen molar-refractivity contribution >= 4 is 44.7 Å². The number of nitrogens with one attached hydrogen (secondary N) is 2. The number of sulfonamides is 1. The van der Waals surface area contributed by atoms with Gasteiger partial charge in [0.1, 0.15) is 12.4 Å². The van der Waals surface area contributed by atoms with Crippen LogP contribution in [0.1, 0.15) is 6.92 Å². The van der Waals surface area contributed by atoms with E-state index in [1.807, 2.05) is 0 Å². The number of aromatic nitrogens is 4. The molecule has 14 heteroatoms. The number of nitrogens with zero attached hydrogens (tertiary/aromatic N) is 5. The number of halogens is 1. The number of carbonyl (C=O) groups is 1. The molecule has 0 saturated carbocycles. The van der Waals surface area contributed by atoms with Gasteiger partial charge in [-0.2, -0.15) is 5.10 Å². The highest BCUT2D eigenvalue weighted by atomic mass is 35.5. The second-order valence-corrected chi connectivity index (χ2v) is 8.51. The number of hydrogen-bond donors (Lipinski definition) is 2. The Balaban J connectivity index is 1.61. The lowest BCUT2D eigenvalue weighted by Crippen LogP contribution is -2.24. The predicted molar refractivity (Wildman–Crippen MR) is 111 cm³/mol. The third-order valence-corrected chi connectivity index (χ3v) is 5.61. The quantitative estimate of drug-likeness (QED) is 0.378. The van der Waals surface area contributed by atoms with Gasteiger partial charge in [-0.3, -0.25) is 24.3 Å². The van der Waals surface area contributed by atoms with Crippen molar-refractivity contribution in [2.24, 2.45) is 5.92 Å². The molecule has 0 aliphatic rings. The molecule has 3 rings (SSSR count). The molecule has 3 aromatic rings. The summed E-state index contributed by atoms with van der Waals surface area (Å²) >= 11 is 5.62. The number of amides is 1. The minimum atomic E-state index is -3.91. The summed E-state index contributed by atoms with van der Waals surface area (Å²) in [6.45, 7) is 1.77. The average molecular weight is 466 g/mol. The van der Waals surface area contributed by atoms with Crippen molar-refractivity contribution < 1.29 is 18.1 Å². The van der Waals surface area contributed by atoms with Gasteiger partial charge >= 0.3 is 5.69 Å². The van der Waals surface area contributed by atoms with Gasteiger partial charge in [0.15, 0.2) is 11.0 Å². The maximum Gasteiger partial charge on any atom is 0.306 e. The van der Waals surface area contributed by atoms with Crippen LogP contribution in [0.2, 0.25) is 5.15 Å². The monoisotopic (exact) mass is 465 g/mol. The van der Waals surface area contributed by atoms with E-state index in [-0.39, 0.29) is 34.0 Å². The lowest BCUT2D eigenvalue weighted by Gasteiger charge is -2.13. The van der Waals surface area contributed by atoms with Gasteiger partial charge in [-0.1, -0.05) is 18.5 Å². The third-order valence-electron chi connectivity index (χ3n) is 4.04. The molecule has 2 aromatic heterocycles. The van der Waals surface area contributed by atoms with Crippen molar-refractivity contribution in [3.05, 3.63) is 64.1 Å². The predicted octanol–water partition coefficient (Wildman–Crippen LogP) is 2.31. The first-order chi connectivity index (χ1) is 14.6. The maximum absolute atomic E-state index is 12.4. The molecule has 0 fully saturated rings. The Hall–Kier alpha value is -3.58. The van der Waals surface area contributed by atoms with Crippen LogP contribution in [-0.2, 0) is 21.4 Å². The van der Waals surface area contributed by atoms with E-state index in [2.05, 4.69) is 25.3 Å². The summed E-state index contributed by atoms with van der Waals surface area (Å²) in [5, 5.41) is 24.5. The van der Waals surface area contributed by atoms with E-state index in [0.29, 0.717) is 5.69 Å². The Bertz CT molecular complexity index is 1200. The average Bonchev–Trinajstić information content (AvgIpc) is 3.19. The molecule has 1 amide bonds. The minimum absolute atomic E-state index is 0.00876. The molecule has 0 saturated heterocycles. The van der Waals surface area contributed by atoms with E-state index in [1.165, 1.54) is 47.3 Å². The summed E-state index contributed by atoms with van der Waals surface area (Å²) in [5.41, 5.74) is 0.219. The van der Waals surface area contributed by atoms with Gasteiger partial charge in [0.2, 0.25) is 5.91 Å². The second kappa shape index (κ2) is 9.06. The Labute approximate surface area is 181 Å². The summed E-state index contributed by atoms with van der Waals surface area (Å²) in [4.78, 5) is 22.5. The van der Waals surface area contributed by atoms with Crippen LogP contribution in [0.15, 0.2) is 53.7 Å². The SMILES string of the molecule is CC(Cn1cc([N+](=O)[O-])cn1)C(=O)Nc1ccc(S(=O)(=O)Nc2ccc(Cl)nn2)cc1. The molecule has 1 aromatic carbocycles. The highest BCUT2D eigenvalue weighted by molar-refractivity contribution is 7.92. The van der Waals surface area contributed by atoms with Crippen molar-refractivity contribution in [3.63, 3.8) is 0 Å². The maximum atomic E-state index is 12.4. The van der Waals surface area contributed by atoms with Crippen molar-refractivity contribution in [2.45, 2.75) is 18.4 Å². The van der Waals surface area contributed by atoms with Crippen LogP contribution in [0.25, 0.3) is 0 Å². The van der Waals surface area contributed by atoms with Crippen molar-refractivity contribution in [2.75, 3.05) is 10.0 Å². The Morgan fingerprint density at radius 3 is 2.52 bits per heavy atom. The molecule has 0 aliphatic heterocycles. The number of benzene rings is 1. The topological polar surface area (TPSA) is 162 Å². The second-order valence-electron chi connectivity index (χ2n) is 6.44. The molecule has 0 bridgehead atoms. The Kier molecular flexibility index (Phi) is 6.46. The van der Waals surface area contributed by atoms with Crippen LogP contribution in [0.5, 0.6) is 0 Å². The largest absolute Gasteiger partial charge is 0.326 e. The van der Waals surface area contributed by atoms with Gasteiger partial charge in [0.25, 0.3) is 10.0 Å². The molecule has 12 nitrogen and oxygen atoms in total. The summed E-state index contributed by atoms with van der Waals surface area (Å²) in [7, 11) is -3.91. The number of anilines is 2. The van der Waals surface area contributed by atoms with Crippen LogP contribution >= 0.6 is 11.6 Å². The van der Waals surface area contributed by atoms with Gasteiger partial charge in [-0.15, -0.1) is 10.2 Å². The molecular weight excluding hydrogens is 450 g/mol. The van der Waals surface area contributed by atoms with E-state index in [4.69, 9.17) is 11.6 Å². The molecule has 0 aliphatic carbocycles. The third kappa shape index (κ3) is 5.73. The van der Waals surface area contributed by atoms with E-state index in [1.54, 1.807) is 6.92 Å². The van der Waals surface area contributed by atoms with Gasteiger partial charge in [-0.25, -0.2) is 8.42 Å². The lowest BCUT2D eigenvalue weighted by molar-refractivity contribution is -0.385. The van der Waals surface area contributed by atoms with Crippen LogP contribution in [0, 0.1) is 16.0 Å². The standard InChI is InChI=1S/C17H16ClN7O5S/c1-11(9-24-10-13(8-19-24)25(27)28)17(26)20-12-2-4-14(5-3-12)31(29,30)23-16-7-6-15(18)21-22-16/h2-8,10-11H,9H2,1H3,(H,20,26)(H,22,23).